The monoisotopic (exact) mass is 411 g/mol. The molecule has 1 aromatic carbocycles. The average Bonchev–Trinajstić information content (AvgIpc) is 3.08. The SMILES string of the molecule is Cc1nnsc1C(=O)Nc1nn(Cc2ccc(Cl)cc2)cc1Br. The smallest absolute Gasteiger partial charge is 0.270 e. The highest BCUT2D eigenvalue weighted by atomic mass is 79.9. The van der Waals surface area contributed by atoms with Gasteiger partial charge in [-0.2, -0.15) is 5.10 Å². The van der Waals surface area contributed by atoms with Crippen LogP contribution in [0.3, 0.4) is 0 Å². The Balaban J connectivity index is 1.74. The number of halogens is 2. The maximum Gasteiger partial charge on any atom is 0.270 e. The number of aryl methyl sites for hydroxylation is 1. The molecule has 118 valence electrons. The maximum absolute atomic E-state index is 12.2. The molecule has 0 radical (unpaired) electrons. The summed E-state index contributed by atoms with van der Waals surface area (Å²) in [6, 6.07) is 7.53. The molecule has 3 rings (SSSR count). The Morgan fingerprint density at radius 3 is 2.78 bits per heavy atom. The van der Waals surface area contributed by atoms with E-state index in [1.165, 1.54) is 0 Å². The van der Waals surface area contributed by atoms with E-state index in [1.54, 1.807) is 11.6 Å². The standard InChI is InChI=1S/C14H11BrClN5OS/c1-8-12(23-20-18-8)14(22)17-13-11(15)7-21(19-13)6-9-2-4-10(16)5-3-9/h2-5,7H,6H2,1H3,(H,17,19,22). The van der Waals surface area contributed by atoms with Crippen LogP contribution < -0.4 is 5.32 Å². The van der Waals surface area contributed by atoms with Gasteiger partial charge in [-0.3, -0.25) is 9.48 Å². The van der Waals surface area contributed by atoms with Gasteiger partial charge in [-0.25, -0.2) is 0 Å². The van der Waals surface area contributed by atoms with Gasteiger partial charge in [0.15, 0.2) is 5.82 Å². The molecule has 0 unspecified atom stereocenters. The molecule has 1 N–H and O–H groups in total. The molecule has 0 atom stereocenters. The first-order chi connectivity index (χ1) is 11.0. The molecule has 3 aromatic rings. The molecule has 0 fully saturated rings. The Morgan fingerprint density at radius 1 is 1.39 bits per heavy atom. The summed E-state index contributed by atoms with van der Waals surface area (Å²) in [7, 11) is 0. The van der Waals surface area contributed by atoms with Crippen LogP contribution in [0.15, 0.2) is 34.9 Å². The number of rotatable bonds is 4. The second-order valence-corrected chi connectivity index (χ2v) is 6.84. The van der Waals surface area contributed by atoms with Gasteiger partial charge in [0.05, 0.1) is 16.7 Å². The summed E-state index contributed by atoms with van der Waals surface area (Å²) in [5.74, 6) is 0.187. The van der Waals surface area contributed by atoms with Crippen LogP contribution in [-0.2, 0) is 6.54 Å². The van der Waals surface area contributed by atoms with E-state index in [0.717, 1.165) is 17.1 Å². The molecule has 0 aliphatic heterocycles. The van der Waals surface area contributed by atoms with Crippen molar-refractivity contribution in [3.8, 4) is 0 Å². The lowest BCUT2D eigenvalue weighted by Gasteiger charge is -2.02. The van der Waals surface area contributed by atoms with Gasteiger partial charge in [-0.05, 0) is 52.1 Å². The van der Waals surface area contributed by atoms with Gasteiger partial charge in [-0.1, -0.05) is 28.2 Å². The van der Waals surface area contributed by atoms with E-state index in [2.05, 4.69) is 35.9 Å². The highest BCUT2D eigenvalue weighted by Gasteiger charge is 2.16. The third-order valence-corrected chi connectivity index (χ3v) is 4.72. The van der Waals surface area contributed by atoms with Gasteiger partial charge >= 0.3 is 0 Å². The Bertz CT molecular complexity index is 845. The number of nitrogens with one attached hydrogen (secondary N) is 1. The van der Waals surface area contributed by atoms with E-state index in [4.69, 9.17) is 11.6 Å². The van der Waals surface area contributed by atoms with Gasteiger partial charge in [0, 0.05) is 11.2 Å². The number of aromatic nitrogens is 4. The molecule has 6 nitrogen and oxygen atoms in total. The molecule has 2 aromatic heterocycles. The van der Waals surface area contributed by atoms with Crippen molar-refractivity contribution in [2.24, 2.45) is 0 Å². The average molecular weight is 413 g/mol. The Labute approximate surface area is 149 Å². The van der Waals surface area contributed by atoms with Crippen molar-refractivity contribution < 1.29 is 4.79 Å². The number of nitrogens with zero attached hydrogens (tertiary/aromatic N) is 4. The van der Waals surface area contributed by atoms with Crippen molar-refractivity contribution in [2.45, 2.75) is 13.5 Å². The largest absolute Gasteiger partial charge is 0.303 e. The van der Waals surface area contributed by atoms with Crippen LogP contribution in [0.4, 0.5) is 5.82 Å². The Kier molecular flexibility index (Phi) is 4.74. The van der Waals surface area contributed by atoms with E-state index in [-0.39, 0.29) is 5.91 Å². The number of hydrogen-bond donors (Lipinski definition) is 1. The first kappa shape index (κ1) is 16.1. The van der Waals surface area contributed by atoms with Gasteiger partial charge in [-0.15, -0.1) is 5.10 Å². The van der Waals surface area contributed by atoms with E-state index in [9.17, 15) is 4.79 Å². The number of carbonyl (C=O) groups excluding carboxylic acids is 1. The molecule has 23 heavy (non-hydrogen) atoms. The third-order valence-electron chi connectivity index (χ3n) is 3.06. The minimum absolute atomic E-state index is 0.269. The normalized spacial score (nSPS) is 10.7. The summed E-state index contributed by atoms with van der Waals surface area (Å²) in [6.07, 6.45) is 1.81. The number of benzene rings is 1. The molecular weight excluding hydrogens is 402 g/mol. The quantitative estimate of drug-likeness (QED) is 0.708. The summed E-state index contributed by atoms with van der Waals surface area (Å²) in [4.78, 5) is 12.7. The van der Waals surface area contributed by atoms with Crippen LogP contribution >= 0.6 is 39.1 Å². The Morgan fingerprint density at radius 2 is 2.13 bits per heavy atom. The highest BCUT2D eigenvalue weighted by molar-refractivity contribution is 9.10. The first-order valence-electron chi connectivity index (χ1n) is 6.60. The number of hydrogen-bond acceptors (Lipinski definition) is 5. The summed E-state index contributed by atoms with van der Waals surface area (Å²) in [5.41, 5.74) is 1.66. The second kappa shape index (κ2) is 6.77. The predicted molar refractivity (Wildman–Crippen MR) is 93.1 cm³/mol. The summed E-state index contributed by atoms with van der Waals surface area (Å²) in [5, 5.41) is 11.7. The van der Waals surface area contributed by atoms with E-state index >= 15 is 0 Å². The van der Waals surface area contributed by atoms with Crippen molar-refractivity contribution in [3.05, 3.63) is 56.1 Å². The third kappa shape index (κ3) is 3.77. The van der Waals surface area contributed by atoms with Crippen molar-refractivity contribution in [1.29, 1.82) is 0 Å². The summed E-state index contributed by atoms with van der Waals surface area (Å²) >= 11 is 10.3. The van der Waals surface area contributed by atoms with E-state index < -0.39 is 0 Å². The molecule has 9 heteroatoms. The molecule has 0 saturated carbocycles. The van der Waals surface area contributed by atoms with Gasteiger partial charge in [0.25, 0.3) is 5.91 Å². The molecule has 0 bridgehead atoms. The molecule has 0 aliphatic rings. The zero-order chi connectivity index (χ0) is 16.4. The van der Waals surface area contributed by atoms with Crippen LogP contribution in [0.2, 0.25) is 5.02 Å². The molecule has 0 spiro atoms. The minimum atomic E-state index is -0.269. The molecule has 2 heterocycles. The molecule has 1 amide bonds. The zero-order valence-corrected chi connectivity index (χ0v) is 15.1. The lowest BCUT2D eigenvalue weighted by molar-refractivity contribution is 0.102. The number of carbonyl (C=O) groups is 1. The van der Waals surface area contributed by atoms with Gasteiger partial charge in [0.2, 0.25) is 0 Å². The molecular formula is C14H11BrClN5OS. The van der Waals surface area contributed by atoms with Crippen molar-refractivity contribution in [2.75, 3.05) is 5.32 Å². The summed E-state index contributed by atoms with van der Waals surface area (Å²) < 4.78 is 6.20. The molecule has 0 saturated heterocycles. The van der Waals surface area contributed by atoms with Crippen LogP contribution in [0.1, 0.15) is 20.9 Å². The van der Waals surface area contributed by atoms with Gasteiger partial charge in [0.1, 0.15) is 4.88 Å². The lowest BCUT2D eigenvalue weighted by Crippen LogP contribution is -2.13. The summed E-state index contributed by atoms with van der Waals surface area (Å²) in [6.45, 7) is 2.32. The minimum Gasteiger partial charge on any atom is -0.303 e. The lowest BCUT2D eigenvalue weighted by atomic mass is 10.2. The fourth-order valence-corrected chi connectivity index (χ4v) is 3.04. The van der Waals surface area contributed by atoms with Crippen LogP contribution in [0.5, 0.6) is 0 Å². The zero-order valence-electron chi connectivity index (χ0n) is 12.0. The van der Waals surface area contributed by atoms with E-state index in [0.29, 0.717) is 32.4 Å². The van der Waals surface area contributed by atoms with Crippen molar-refractivity contribution >= 4 is 50.8 Å². The second-order valence-electron chi connectivity index (χ2n) is 4.79. The predicted octanol–water partition coefficient (Wildman–Crippen LogP) is 3.76. The van der Waals surface area contributed by atoms with Crippen LogP contribution in [-0.4, -0.2) is 25.3 Å². The van der Waals surface area contributed by atoms with Crippen LogP contribution in [0.25, 0.3) is 0 Å². The Hall–Kier alpha value is -1.77. The van der Waals surface area contributed by atoms with Crippen molar-refractivity contribution in [3.63, 3.8) is 0 Å². The van der Waals surface area contributed by atoms with Crippen molar-refractivity contribution in [1.82, 2.24) is 19.4 Å². The fourth-order valence-electron chi connectivity index (χ4n) is 1.94. The fraction of sp³-hybridized carbons (Fsp3) is 0.143. The van der Waals surface area contributed by atoms with Gasteiger partial charge < -0.3 is 5.32 Å². The number of amides is 1. The maximum atomic E-state index is 12.2. The highest BCUT2D eigenvalue weighted by Crippen LogP contribution is 2.22. The number of anilines is 1. The molecule has 0 aliphatic carbocycles. The first-order valence-corrected chi connectivity index (χ1v) is 8.55. The topological polar surface area (TPSA) is 72.7 Å². The van der Waals surface area contributed by atoms with E-state index in [1.807, 2.05) is 30.5 Å². The van der Waals surface area contributed by atoms with Crippen LogP contribution in [0, 0.1) is 6.92 Å².